The molecule has 2 aromatic carbocycles. The highest BCUT2D eigenvalue weighted by molar-refractivity contribution is 5.93. The summed E-state index contributed by atoms with van der Waals surface area (Å²) in [5.74, 6) is -0.662. The number of nitrogens with zero attached hydrogens (tertiary/aromatic N) is 1. The molecule has 0 spiro atoms. The zero-order valence-corrected chi connectivity index (χ0v) is 20.7. The maximum absolute atomic E-state index is 13.4. The van der Waals surface area contributed by atoms with Gasteiger partial charge in [-0.05, 0) is 30.0 Å². The summed E-state index contributed by atoms with van der Waals surface area (Å²) >= 11 is 0. The van der Waals surface area contributed by atoms with Gasteiger partial charge in [0.05, 0.1) is 0 Å². The second kappa shape index (κ2) is 12.0. The number of aromatic amines is 1. The number of rotatable bonds is 10. The number of hydrogen-bond donors (Lipinski definition) is 3. The topological polar surface area (TPSA) is 94.3 Å². The highest BCUT2D eigenvalue weighted by Crippen LogP contribution is 2.19. The first kappa shape index (κ1) is 25.7. The van der Waals surface area contributed by atoms with Gasteiger partial charge >= 0.3 is 0 Å². The maximum atomic E-state index is 13.4. The molecule has 0 saturated carbocycles. The molecule has 184 valence electrons. The zero-order valence-electron chi connectivity index (χ0n) is 20.7. The second-order valence-corrected chi connectivity index (χ2v) is 9.17. The molecule has 0 aliphatic rings. The summed E-state index contributed by atoms with van der Waals surface area (Å²) in [6.45, 7) is 5.38. The van der Waals surface area contributed by atoms with Crippen LogP contribution in [0.5, 0.6) is 0 Å². The minimum atomic E-state index is -0.749. The first-order valence-corrected chi connectivity index (χ1v) is 11.9. The molecule has 0 bridgehead atoms. The van der Waals surface area contributed by atoms with Gasteiger partial charge in [0, 0.05) is 49.3 Å². The van der Waals surface area contributed by atoms with Gasteiger partial charge < -0.3 is 20.5 Å². The molecule has 0 saturated heterocycles. The number of hydrogen-bond acceptors (Lipinski definition) is 3. The van der Waals surface area contributed by atoms with E-state index in [1.165, 1.54) is 11.8 Å². The van der Waals surface area contributed by atoms with Gasteiger partial charge in [-0.3, -0.25) is 14.4 Å². The summed E-state index contributed by atoms with van der Waals surface area (Å²) in [5.41, 5.74) is 2.90. The van der Waals surface area contributed by atoms with Crippen LogP contribution in [0.1, 0.15) is 38.3 Å². The number of likely N-dealkylation sites (N-methyl/N-ethyl adjacent to an activating group) is 1. The Morgan fingerprint density at radius 3 is 2.40 bits per heavy atom. The van der Waals surface area contributed by atoms with Crippen LogP contribution in [0.15, 0.2) is 67.0 Å². The molecular formula is C28H34N4O3. The normalized spacial score (nSPS) is 13.1. The fourth-order valence-electron chi connectivity index (χ4n) is 4.12. The third-order valence-corrected chi connectivity index (χ3v) is 5.88. The van der Waals surface area contributed by atoms with E-state index in [1.54, 1.807) is 13.2 Å². The molecule has 7 nitrogen and oxygen atoms in total. The van der Waals surface area contributed by atoms with E-state index < -0.39 is 12.1 Å². The van der Waals surface area contributed by atoms with Crippen LogP contribution in [0.4, 0.5) is 0 Å². The molecule has 1 heterocycles. The molecule has 35 heavy (non-hydrogen) atoms. The molecule has 0 radical (unpaired) electrons. The summed E-state index contributed by atoms with van der Waals surface area (Å²) in [5, 5.41) is 6.65. The van der Waals surface area contributed by atoms with E-state index in [1.807, 2.05) is 80.7 Å². The number of fused-ring (bicyclic) bond motifs is 1. The summed E-state index contributed by atoms with van der Waals surface area (Å²) in [6, 6.07) is 16.1. The fourth-order valence-corrected chi connectivity index (χ4v) is 4.12. The van der Waals surface area contributed by atoms with Gasteiger partial charge in [-0.15, -0.1) is 0 Å². The summed E-state index contributed by atoms with van der Waals surface area (Å²) < 4.78 is 0. The number of benzene rings is 2. The van der Waals surface area contributed by atoms with Gasteiger partial charge in [-0.2, -0.15) is 0 Å². The van der Waals surface area contributed by atoms with E-state index in [9.17, 15) is 14.4 Å². The van der Waals surface area contributed by atoms with Crippen LogP contribution in [0.3, 0.4) is 0 Å². The van der Waals surface area contributed by atoms with Crippen molar-refractivity contribution in [2.75, 3.05) is 7.05 Å². The fraction of sp³-hybridized carbons (Fsp3) is 0.321. The molecule has 1 aromatic heterocycles. The predicted molar refractivity (Wildman–Crippen MR) is 139 cm³/mol. The highest BCUT2D eigenvalue weighted by atomic mass is 16.2. The molecule has 3 aromatic rings. The van der Waals surface area contributed by atoms with Gasteiger partial charge in [0.1, 0.15) is 12.1 Å². The zero-order chi connectivity index (χ0) is 25.4. The Bertz CT molecular complexity index is 1180. The standard InChI is InChI=1S/C28H34N4O3/c1-19(2)16-25(31-20(3)33)28(35)32(4)26(17-21-10-6-5-7-11-21)27(34)29-15-14-22-18-30-24-13-9-8-12-23(22)24/h5-15,18-19,25-26,30H,16-17H2,1-4H3,(H,29,34)(H,31,33)/b15-14-/t25-,26+/m1/s1. The van der Waals surface area contributed by atoms with E-state index >= 15 is 0 Å². The van der Waals surface area contributed by atoms with Crippen molar-refractivity contribution in [1.29, 1.82) is 0 Å². The number of amides is 3. The predicted octanol–water partition coefficient (Wildman–Crippen LogP) is 3.88. The monoisotopic (exact) mass is 474 g/mol. The van der Waals surface area contributed by atoms with E-state index in [0.717, 1.165) is 22.0 Å². The lowest BCUT2D eigenvalue weighted by Crippen LogP contribution is -2.54. The van der Waals surface area contributed by atoms with Gasteiger partial charge in [0.2, 0.25) is 17.7 Å². The van der Waals surface area contributed by atoms with Gasteiger partial charge in [0.15, 0.2) is 0 Å². The van der Waals surface area contributed by atoms with Crippen molar-refractivity contribution in [1.82, 2.24) is 20.5 Å². The summed E-state index contributed by atoms with van der Waals surface area (Å²) in [4.78, 5) is 43.1. The molecule has 0 aliphatic carbocycles. The molecule has 3 N–H and O–H groups in total. The second-order valence-electron chi connectivity index (χ2n) is 9.17. The Morgan fingerprint density at radius 1 is 1.03 bits per heavy atom. The quantitative estimate of drug-likeness (QED) is 0.416. The van der Waals surface area contributed by atoms with Crippen molar-refractivity contribution in [3.8, 4) is 0 Å². The van der Waals surface area contributed by atoms with Crippen molar-refractivity contribution in [2.24, 2.45) is 5.92 Å². The molecule has 7 heteroatoms. The summed E-state index contributed by atoms with van der Waals surface area (Å²) in [6.07, 6.45) is 6.16. The molecule has 0 fully saturated rings. The average molecular weight is 475 g/mol. The van der Waals surface area contributed by atoms with Crippen LogP contribution in [0.25, 0.3) is 17.0 Å². The van der Waals surface area contributed by atoms with Crippen molar-refractivity contribution < 1.29 is 14.4 Å². The number of aromatic nitrogens is 1. The van der Waals surface area contributed by atoms with E-state index in [0.29, 0.717) is 12.8 Å². The summed E-state index contributed by atoms with van der Waals surface area (Å²) in [7, 11) is 1.62. The number of H-pyrrole nitrogens is 1. The van der Waals surface area contributed by atoms with E-state index in [2.05, 4.69) is 15.6 Å². The molecular weight excluding hydrogens is 440 g/mol. The van der Waals surface area contributed by atoms with Gasteiger partial charge in [-0.1, -0.05) is 62.4 Å². The van der Waals surface area contributed by atoms with Crippen molar-refractivity contribution in [3.63, 3.8) is 0 Å². The third-order valence-electron chi connectivity index (χ3n) is 5.88. The third kappa shape index (κ3) is 7.06. The minimum absolute atomic E-state index is 0.199. The Balaban J connectivity index is 1.80. The van der Waals surface area contributed by atoms with Crippen LogP contribution < -0.4 is 10.6 Å². The smallest absolute Gasteiger partial charge is 0.247 e. The number of carbonyl (C=O) groups is 3. The van der Waals surface area contributed by atoms with E-state index in [-0.39, 0.29) is 23.6 Å². The number of para-hydroxylation sites is 1. The Labute approximate surface area is 206 Å². The minimum Gasteiger partial charge on any atom is -0.361 e. The number of nitrogens with one attached hydrogen (secondary N) is 3. The van der Waals surface area contributed by atoms with Crippen LogP contribution in [-0.2, 0) is 20.8 Å². The maximum Gasteiger partial charge on any atom is 0.247 e. The van der Waals surface area contributed by atoms with Crippen LogP contribution in [0, 0.1) is 5.92 Å². The molecule has 3 rings (SSSR count). The average Bonchev–Trinajstić information content (AvgIpc) is 3.24. The van der Waals surface area contributed by atoms with E-state index in [4.69, 9.17) is 0 Å². The molecule has 0 aliphatic heterocycles. The van der Waals surface area contributed by atoms with Gasteiger partial charge in [-0.25, -0.2) is 0 Å². The lowest BCUT2D eigenvalue weighted by Gasteiger charge is -2.31. The largest absolute Gasteiger partial charge is 0.361 e. The Morgan fingerprint density at radius 2 is 1.71 bits per heavy atom. The first-order chi connectivity index (χ1) is 16.8. The van der Waals surface area contributed by atoms with Crippen molar-refractivity contribution in [2.45, 2.75) is 45.7 Å². The molecule has 0 unspecified atom stereocenters. The van der Waals surface area contributed by atoms with Crippen LogP contribution in [-0.4, -0.2) is 46.7 Å². The Kier molecular flexibility index (Phi) is 8.84. The van der Waals surface area contributed by atoms with Crippen molar-refractivity contribution >= 4 is 34.7 Å². The number of carbonyl (C=O) groups excluding carboxylic acids is 3. The first-order valence-electron chi connectivity index (χ1n) is 11.9. The lowest BCUT2D eigenvalue weighted by molar-refractivity contribution is -0.141. The lowest BCUT2D eigenvalue weighted by atomic mass is 10.00. The Hall–Kier alpha value is -3.87. The highest BCUT2D eigenvalue weighted by Gasteiger charge is 2.32. The molecule has 3 amide bonds. The van der Waals surface area contributed by atoms with Crippen molar-refractivity contribution in [3.05, 3.63) is 78.1 Å². The van der Waals surface area contributed by atoms with Crippen LogP contribution >= 0.6 is 0 Å². The SMILES string of the molecule is CC(=O)N[C@H](CC(C)C)C(=O)N(C)[C@@H](Cc1ccccc1)C(=O)N/C=C\c1c[nH]c2ccccc12. The van der Waals surface area contributed by atoms with Crippen LogP contribution in [0.2, 0.25) is 0 Å². The molecule has 2 atom stereocenters. The van der Waals surface area contributed by atoms with Gasteiger partial charge in [0.25, 0.3) is 0 Å².